The fraction of sp³-hybridized carbons (Fsp3) is 0.824. The van der Waals surface area contributed by atoms with E-state index >= 15 is 0 Å². The third-order valence-corrected chi connectivity index (χ3v) is 12.8. The maximum atomic E-state index is 13.5. The van der Waals surface area contributed by atoms with Crippen LogP contribution in [0.1, 0.15) is 58.8 Å². The molecule has 2 saturated heterocycles. The summed E-state index contributed by atoms with van der Waals surface area (Å²) >= 11 is 0. The Kier molecular flexibility index (Phi) is 8.16. The number of hydrogen-bond acceptors (Lipinski definition) is 11. The normalized spacial score (nSPS) is 39.5. The highest BCUT2D eigenvalue weighted by Crippen LogP contribution is 2.59. The molecule has 3 heterocycles. The van der Waals surface area contributed by atoms with Crippen molar-refractivity contribution in [1.82, 2.24) is 13.7 Å². The van der Waals surface area contributed by atoms with E-state index < -0.39 is 23.0 Å². The summed E-state index contributed by atoms with van der Waals surface area (Å²) in [5.41, 5.74) is -2.68. The number of carbonyl (C=O) groups is 3. The molecule has 8 rings (SSSR count). The van der Waals surface area contributed by atoms with Crippen LogP contribution in [0.4, 0.5) is 0 Å². The molecule has 1 aromatic rings. The maximum absolute atomic E-state index is 13.5. The van der Waals surface area contributed by atoms with E-state index in [0.717, 1.165) is 45.8 Å². The molecule has 1 aromatic heterocycles. The lowest BCUT2D eigenvalue weighted by Gasteiger charge is -2.25. The van der Waals surface area contributed by atoms with Crippen LogP contribution in [-0.2, 0) is 57.7 Å². The molecular weight excluding hydrogens is 626 g/mol. The average molecular weight is 672 g/mol. The second-order valence-electron chi connectivity index (χ2n) is 15.4. The van der Waals surface area contributed by atoms with Gasteiger partial charge in [-0.05, 0) is 81.5 Å². The quantitative estimate of drug-likeness (QED) is 0.175. The molecule has 5 saturated carbocycles. The van der Waals surface area contributed by atoms with E-state index in [9.17, 15) is 28.8 Å². The zero-order valence-corrected chi connectivity index (χ0v) is 27.5. The third kappa shape index (κ3) is 5.46. The lowest BCUT2D eigenvalue weighted by molar-refractivity contribution is -0.156. The topological polar surface area (TPSA) is 167 Å². The van der Waals surface area contributed by atoms with E-state index in [0.29, 0.717) is 42.4 Å². The monoisotopic (exact) mass is 671 g/mol. The highest BCUT2D eigenvalue weighted by Gasteiger charge is 2.65. The number of hydrogen-bond donors (Lipinski definition) is 0. The number of rotatable bonds is 12. The van der Waals surface area contributed by atoms with E-state index in [1.54, 1.807) is 0 Å². The number of fused-ring (bicyclic) bond motifs is 9. The Morgan fingerprint density at radius 2 is 1.15 bits per heavy atom. The smallest absolute Gasteiger partial charge is 0.336 e. The van der Waals surface area contributed by atoms with Gasteiger partial charge in [-0.15, -0.1) is 0 Å². The molecule has 0 spiro atoms. The number of aromatic nitrogens is 3. The van der Waals surface area contributed by atoms with Crippen LogP contribution in [0, 0.1) is 53.3 Å². The Morgan fingerprint density at radius 1 is 0.604 bits per heavy atom. The van der Waals surface area contributed by atoms with Crippen LogP contribution in [0.25, 0.3) is 0 Å². The Hall–Kier alpha value is -3.26. The number of carbonyl (C=O) groups excluding carboxylic acids is 3. The van der Waals surface area contributed by atoms with Crippen molar-refractivity contribution in [2.75, 3.05) is 19.8 Å². The summed E-state index contributed by atoms with van der Waals surface area (Å²) in [7, 11) is 0. The molecule has 13 atom stereocenters. The third-order valence-electron chi connectivity index (χ3n) is 12.8. The summed E-state index contributed by atoms with van der Waals surface area (Å²) in [6.07, 6.45) is 6.44. The van der Waals surface area contributed by atoms with Crippen LogP contribution < -0.4 is 17.1 Å². The van der Waals surface area contributed by atoms with Gasteiger partial charge in [0.15, 0.2) is 0 Å². The van der Waals surface area contributed by atoms with Crippen molar-refractivity contribution >= 4 is 17.9 Å². The van der Waals surface area contributed by atoms with E-state index in [-0.39, 0.29) is 99.5 Å². The van der Waals surface area contributed by atoms with Gasteiger partial charge in [0.05, 0.1) is 61.8 Å². The van der Waals surface area contributed by atoms with Crippen molar-refractivity contribution in [2.45, 2.75) is 103 Å². The summed E-state index contributed by atoms with van der Waals surface area (Å²) in [4.78, 5) is 79.1. The summed E-state index contributed by atoms with van der Waals surface area (Å²) in [5.74, 6) is 0.180. The standard InChI is InChI=1S/C34H45N3O11/c1-16-9-18-10-21(16)23(11-18)29(38)44-6-3-35-32(41)36(4-7-45-30(39)24-14-20-13-22(24)28-27(20)48-28)34(43)37(33(35)42)5-8-46-31(40)25-12-19-15-26(25)47-17(19)2/h16-28H,3-15H2,1-2H3. The van der Waals surface area contributed by atoms with Gasteiger partial charge in [-0.1, -0.05) is 6.92 Å². The lowest BCUT2D eigenvalue weighted by Crippen LogP contribution is -2.55. The first-order chi connectivity index (χ1) is 23.1. The van der Waals surface area contributed by atoms with Gasteiger partial charge in [-0.25, -0.2) is 28.1 Å². The first-order valence-electron chi connectivity index (χ1n) is 17.8. The number of nitrogens with zero attached hydrogens (tertiary/aromatic N) is 3. The predicted octanol–water partition coefficient (Wildman–Crippen LogP) is 0.720. The molecule has 262 valence electrons. The molecular formula is C34H45N3O11. The molecule has 6 bridgehead atoms. The van der Waals surface area contributed by atoms with Crippen LogP contribution in [0.2, 0.25) is 0 Å². The average Bonchev–Trinajstić information content (AvgIpc) is 3.64. The van der Waals surface area contributed by atoms with E-state index in [1.807, 2.05) is 6.92 Å². The highest BCUT2D eigenvalue weighted by atomic mass is 16.6. The fourth-order valence-corrected chi connectivity index (χ4v) is 10.3. The molecule has 0 amide bonds. The van der Waals surface area contributed by atoms with Gasteiger partial charge in [-0.3, -0.25) is 14.4 Å². The molecule has 5 aliphatic carbocycles. The largest absolute Gasteiger partial charge is 0.464 e. The molecule has 0 aromatic carbocycles. The van der Waals surface area contributed by atoms with Gasteiger partial charge in [0.25, 0.3) is 0 Å². The van der Waals surface area contributed by atoms with Gasteiger partial charge in [0, 0.05) is 5.92 Å². The van der Waals surface area contributed by atoms with Crippen molar-refractivity contribution in [3.05, 3.63) is 31.5 Å². The second-order valence-corrected chi connectivity index (χ2v) is 15.4. The minimum absolute atomic E-state index is 0.111. The van der Waals surface area contributed by atoms with Crippen LogP contribution in [0.5, 0.6) is 0 Å². The summed E-state index contributed by atoms with van der Waals surface area (Å²) < 4.78 is 30.6. The van der Waals surface area contributed by atoms with Crippen molar-refractivity contribution in [3.63, 3.8) is 0 Å². The van der Waals surface area contributed by atoms with Crippen molar-refractivity contribution in [3.8, 4) is 0 Å². The molecule has 2 aliphatic heterocycles. The molecule has 13 unspecified atom stereocenters. The summed E-state index contributed by atoms with van der Waals surface area (Å²) in [5, 5.41) is 0. The molecule has 48 heavy (non-hydrogen) atoms. The molecule has 7 fully saturated rings. The van der Waals surface area contributed by atoms with Crippen molar-refractivity contribution < 1.29 is 38.1 Å². The van der Waals surface area contributed by atoms with Gasteiger partial charge in [0.1, 0.15) is 19.8 Å². The number of epoxide rings is 1. The molecule has 0 radical (unpaired) electrons. The Bertz CT molecular complexity index is 1600. The summed E-state index contributed by atoms with van der Waals surface area (Å²) in [6.45, 7) is 2.65. The molecule has 7 aliphatic rings. The second kappa shape index (κ2) is 12.3. The lowest BCUT2D eigenvalue weighted by atomic mass is 9.82. The van der Waals surface area contributed by atoms with Crippen molar-refractivity contribution in [1.29, 1.82) is 0 Å². The molecule has 14 nitrogen and oxygen atoms in total. The van der Waals surface area contributed by atoms with E-state index in [4.69, 9.17) is 23.7 Å². The van der Waals surface area contributed by atoms with Crippen molar-refractivity contribution in [2.24, 2.45) is 53.3 Å². The van der Waals surface area contributed by atoms with Gasteiger partial charge in [-0.2, -0.15) is 0 Å². The van der Waals surface area contributed by atoms with Gasteiger partial charge in [0.2, 0.25) is 0 Å². The summed E-state index contributed by atoms with van der Waals surface area (Å²) in [6, 6.07) is 0. The predicted molar refractivity (Wildman–Crippen MR) is 164 cm³/mol. The zero-order valence-electron chi connectivity index (χ0n) is 27.5. The number of esters is 3. The van der Waals surface area contributed by atoms with Gasteiger partial charge >= 0.3 is 35.0 Å². The Balaban J connectivity index is 0.939. The number of ether oxygens (including phenoxy) is 5. The van der Waals surface area contributed by atoms with E-state index in [1.165, 1.54) is 0 Å². The minimum Gasteiger partial charge on any atom is -0.464 e. The first kappa shape index (κ1) is 32.0. The van der Waals surface area contributed by atoms with Crippen LogP contribution in [0.15, 0.2) is 14.4 Å². The zero-order chi connectivity index (χ0) is 33.4. The Labute approximate surface area is 277 Å². The fourth-order valence-electron chi connectivity index (χ4n) is 10.3. The minimum atomic E-state index is -0.896. The maximum Gasteiger partial charge on any atom is 0.336 e. The van der Waals surface area contributed by atoms with Crippen LogP contribution >= 0.6 is 0 Å². The molecule has 14 heteroatoms. The van der Waals surface area contributed by atoms with Crippen LogP contribution in [0.3, 0.4) is 0 Å². The Morgan fingerprint density at radius 3 is 1.60 bits per heavy atom. The molecule has 0 N–H and O–H groups in total. The van der Waals surface area contributed by atoms with Crippen LogP contribution in [-0.4, -0.2) is 75.8 Å². The van der Waals surface area contributed by atoms with Gasteiger partial charge < -0.3 is 23.7 Å². The SMILES string of the molecule is CC1CC2CC(C(=O)OCCn3c(=O)n(CCOC(=O)C4CC5CC4OC5C)c(=O)n(CCOC(=O)C4CC5CC4C4OC54)c3=O)C1C2. The van der Waals surface area contributed by atoms with E-state index in [2.05, 4.69) is 6.92 Å². The first-order valence-corrected chi connectivity index (χ1v) is 17.8. The highest BCUT2D eigenvalue weighted by molar-refractivity contribution is 5.74.